The Labute approximate surface area is 159 Å². The van der Waals surface area contributed by atoms with Gasteiger partial charge in [-0.15, -0.1) is 0 Å². The first-order chi connectivity index (χ1) is 13.1. The van der Waals surface area contributed by atoms with Crippen molar-refractivity contribution >= 4 is 28.4 Å². The average molecular weight is 383 g/mol. The van der Waals surface area contributed by atoms with Crippen molar-refractivity contribution in [3.8, 4) is 0 Å². The minimum atomic E-state index is -0.513. The van der Waals surface area contributed by atoms with Crippen LogP contribution in [0, 0.1) is 5.82 Å². The zero-order valence-corrected chi connectivity index (χ0v) is 15.4. The molecule has 0 radical (unpaired) electrons. The topological polar surface area (TPSA) is 66.1 Å². The molecule has 0 unspecified atom stereocenters. The first-order valence-electron chi connectivity index (χ1n) is 8.75. The summed E-state index contributed by atoms with van der Waals surface area (Å²) in [5.74, 6) is 0.968. The van der Waals surface area contributed by atoms with Gasteiger partial charge in [0.15, 0.2) is 0 Å². The number of hydrogen-bond acceptors (Lipinski definition) is 4. The van der Waals surface area contributed by atoms with Crippen molar-refractivity contribution in [1.82, 2.24) is 15.1 Å². The highest BCUT2D eigenvalue weighted by Gasteiger charge is 2.22. The van der Waals surface area contributed by atoms with Gasteiger partial charge in [0.25, 0.3) is 11.5 Å². The maximum Gasteiger partial charge on any atom is 0.272 e. The van der Waals surface area contributed by atoms with Crippen LogP contribution in [0.5, 0.6) is 0 Å². The summed E-state index contributed by atoms with van der Waals surface area (Å²) in [6.45, 7) is 1.28. The smallest absolute Gasteiger partial charge is 0.272 e. The first kappa shape index (κ1) is 17.7. The predicted octanol–water partition coefficient (Wildman–Crippen LogP) is 2.84. The van der Waals surface area contributed by atoms with Crippen molar-refractivity contribution in [2.75, 3.05) is 24.6 Å². The van der Waals surface area contributed by atoms with Gasteiger partial charge >= 0.3 is 0 Å². The van der Waals surface area contributed by atoms with Gasteiger partial charge in [-0.25, -0.2) is 9.49 Å². The quantitative estimate of drug-likeness (QED) is 0.755. The highest BCUT2D eigenvalue weighted by atomic mass is 32.2. The van der Waals surface area contributed by atoms with E-state index >= 15 is 0 Å². The van der Waals surface area contributed by atoms with Crippen LogP contribution in [0.25, 0.3) is 10.8 Å². The summed E-state index contributed by atoms with van der Waals surface area (Å²) >= 11 is 1.80. The molecule has 1 saturated heterocycles. The van der Waals surface area contributed by atoms with Crippen LogP contribution in [0.15, 0.2) is 47.3 Å². The molecule has 1 fully saturated rings. The van der Waals surface area contributed by atoms with Gasteiger partial charge in [-0.1, -0.05) is 24.3 Å². The van der Waals surface area contributed by atoms with Crippen LogP contribution in [0.1, 0.15) is 21.6 Å². The lowest BCUT2D eigenvalue weighted by molar-refractivity contribution is 0.0767. The molecule has 3 aromatic rings. The van der Waals surface area contributed by atoms with Gasteiger partial charge < -0.3 is 4.90 Å². The van der Waals surface area contributed by atoms with E-state index in [0.717, 1.165) is 22.5 Å². The Bertz CT molecular complexity index is 1060. The minimum absolute atomic E-state index is 0.0909. The molecule has 7 heteroatoms. The molecule has 0 atom stereocenters. The molecule has 2 heterocycles. The van der Waals surface area contributed by atoms with Crippen molar-refractivity contribution in [3.05, 3.63) is 75.5 Å². The van der Waals surface area contributed by atoms with Crippen molar-refractivity contribution in [2.24, 2.45) is 0 Å². The number of carbonyl (C=O) groups excluding carboxylic acids is 1. The third kappa shape index (κ3) is 3.60. The van der Waals surface area contributed by atoms with Crippen LogP contribution in [0.3, 0.4) is 0 Å². The van der Waals surface area contributed by atoms with Gasteiger partial charge in [0, 0.05) is 36.4 Å². The number of nitrogens with one attached hydrogen (secondary N) is 1. The Morgan fingerprint density at radius 2 is 1.89 bits per heavy atom. The van der Waals surface area contributed by atoms with Gasteiger partial charge in [0.1, 0.15) is 5.82 Å². The second-order valence-corrected chi connectivity index (χ2v) is 7.67. The lowest BCUT2D eigenvalue weighted by atomic mass is 10.0. The molecule has 2 aromatic carbocycles. The monoisotopic (exact) mass is 383 g/mol. The van der Waals surface area contributed by atoms with Gasteiger partial charge in [0.2, 0.25) is 0 Å². The van der Waals surface area contributed by atoms with E-state index < -0.39 is 5.82 Å². The molecule has 1 aliphatic heterocycles. The Kier molecular flexibility index (Phi) is 4.94. The Morgan fingerprint density at radius 3 is 2.67 bits per heavy atom. The zero-order valence-electron chi connectivity index (χ0n) is 14.6. The molecule has 0 saturated carbocycles. The van der Waals surface area contributed by atoms with Crippen LogP contribution >= 0.6 is 11.8 Å². The largest absolute Gasteiger partial charge is 0.337 e. The minimum Gasteiger partial charge on any atom is -0.337 e. The van der Waals surface area contributed by atoms with E-state index in [1.165, 1.54) is 6.07 Å². The number of halogens is 1. The maximum atomic E-state index is 14.3. The van der Waals surface area contributed by atoms with E-state index in [0.29, 0.717) is 30.6 Å². The van der Waals surface area contributed by atoms with Crippen molar-refractivity contribution < 1.29 is 9.18 Å². The fourth-order valence-corrected chi connectivity index (χ4v) is 4.19. The molecule has 1 amide bonds. The van der Waals surface area contributed by atoms with Crippen molar-refractivity contribution in [1.29, 1.82) is 0 Å². The third-order valence-electron chi connectivity index (χ3n) is 4.71. The van der Waals surface area contributed by atoms with E-state index in [9.17, 15) is 14.0 Å². The van der Waals surface area contributed by atoms with Crippen molar-refractivity contribution in [2.45, 2.75) is 6.42 Å². The van der Waals surface area contributed by atoms with E-state index in [4.69, 9.17) is 0 Å². The Hall–Kier alpha value is -2.67. The zero-order chi connectivity index (χ0) is 18.8. The number of benzene rings is 2. The summed E-state index contributed by atoms with van der Waals surface area (Å²) in [5, 5.41) is 7.98. The standard InChI is InChI=1S/C20H18FN3O2S/c21-17-6-5-13(11-16(17)20(26)24-7-9-27-10-8-24)12-18-14-3-1-2-4-15(14)19(25)23-22-18/h1-6,11H,7-10,12H2,(H,23,25). The average Bonchev–Trinajstić information content (AvgIpc) is 2.72. The number of nitrogens with zero attached hydrogens (tertiary/aromatic N) is 2. The Morgan fingerprint density at radius 1 is 1.15 bits per heavy atom. The number of thioether (sulfide) groups is 1. The summed E-state index contributed by atoms with van der Waals surface area (Å²) in [5.41, 5.74) is 1.31. The number of rotatable bonds is 3. The van der Waals surface area contributed by atoms with Crippen LogP contribution < -0.4 is 5.56 Å². The SMILES string of the molecule is O=C(c1cc(Cc2n[nH]c(=O)c3ccccc23)ccc1F)N1CCSCC1. The molecular weight excluding hydrogens is 365 g/mol. The summed E-state index contributed by atoms with van der Waals surface area (Å²) < 4.78 is 14.3. The molecule has 0 bridgehead atoms. The molecule has 0 aliphatic carbocycles. The molecule has 1 aliphatic rings. The molecule has 5 nitrogen and oxygen atoms in total. The summed E-state index contributed by atoms with van der Waals surface area (Å²) in [6.07, 6.45) is 0.397. The van der Waals surface area contributed by atoms with E-state index in [1.807, 2.05) is 12.1 Å². The highest BCUT2D eigenvalue weighted by molar-refractivity contribution is 7.99. The van der Waals surface area contributed by atoms with Gasteiger partial charge in [-0.3, -0.25) is 9.59 Å². The van der Waals surface area contributed by atoms with Crippen LogP contribution in [0.4, 0.5) is 4.39 Å². The number of fused-ring (bicyclic) bond motifs is 1. The summed E-state index contributed by atoms with van der Waals surface area (Å²) in [6, 6.07) is 11.8. The molecule has 4 rings (SSSR count). The summed E-state index contributed by atoms with van der Waals surface area (Å²) in [4.78, 5) is 26.3. The predicted molar refractivity (Wildman–Crippen MR) is 105 cm³/mol. The molecule has 1 aromatic heterocycles. The van der Waals surface area contributed by atoms with E-state index in [1.54, 1.807) is 40.9 Å². The summed E-state index contributed by atoms with van der Waals surface area (Å²) in [7, 11) is 0. The molecular formula is C20H18FN3O2S. The fourth-order valence-electron chi connectivity index (χ4n) is 3.28. The van der Waals surface area contributed by atoms with Gasteiger partial charge in [0.05, 0.1) is 16.6 Å². The number of carbonyl (C=O) groups is 1. The highest BCUT2D eigenvalue weighted by Crippen LogP contribution is 2.20. The first-order valence-corrected chi connectivity index (χ1v) is 9.91. The van der Waals surface area contributed by atoms with E-state index in [2.05, 4.69) is 10.2 Å². The second kappa shape index (κ2) is 7.52. The maximum absolute atomic E-state index is 14.3. The number of H-pyrrole nitrogens is 1. The normalized spacial score (nSPS) is 14.5. The fraction of sp³-hybridized carbons (Fsp3) is 0.250. The van der Waals surface area contributed by atoms with Gasteiger partial charge in [-0.05, 0) is 23.8 Å². The lowest BCUT2D eigenvalue weighted by Crippen LogP contribution is -2.38. The Balaban J connectivity index is 1.67. The lowest BCUT2D eigenvalue weighted by Gasteiger charge is -2.26. The number of amides is 1. The molecule has 138 valence electrons. The van der Waals surface area contributed by atoms with Crippen LogP contribution in [0.2, 0.25) is 0 Å². The van der Waals surface area contributed by atoms with Crippen LogP contribution in [-0.4, -0.2) is 45.6 Å². The van der Waals surface area contributed by atoms with E-state index in [-0.39, 0.29) is 17.0 Å². The van der Waals surface area contributed by atoms with Crippen LogP contribution in [-0.2, 0) is 6.42 Å². The number of hydrogen-bond donors (Lipinski definition) is 1. The molecule has 27 heavy (non-hydrogen) atoms. The van der Waals surface area contributed by atoms with Crippen molar-refractivity contribution in [3.63, 3.8) is 0 Å². The number of aromatic amines is 1. The third-order valence-corrected chi connectivity index (χ3v) is 5.65. The molecule has 0 spiro atoms. The van der Waals surface area contributed by atoms with Gasteiger partial charge in [-0.2, -0.15) is 16.9 Å². The number of aromatic nitrogens is 2. The molecule has 1 N–H and O–H groups in total. The second-order valence-electron chi connectivity index (χ2n) is 6.44.